The van der Waals surface area contributed by atoms with Crippen LogP contribution in [0.1, 0.15) is 40.8 Å². The SMILES string of the molecule is CCNCC1CCN(C(=O)c2ccc(SCc3csc(C)n3)cc2)CC1. The first-order chi connectivity index (χ1) is 12.7. The summed E-state index contributed by atoms with van der Waals surface area (Å²) in [6.45, 7) is 8.00. The van der Waals surface area contributed by atoms with Gasteiger partial charge in [-0.05, 0) is 63.0 Å². The second kappa shape index (κ2) is 9.53. The molecule has 0 bridgehead atoms. The number of hydrogen-bond donors (Lipinski definition) is 1. The van der Waals surface area contributed by atoms with Gasteiger partial charge in [-0.3, -0.25) is 4.79 Å². The number of rotatable bonds is 7. The van der Waals surface area contributed by atoms with Crippen molar-refractivity contribution in [2.45, 2.75) is 37.3 Å². The predicted octanol–water partition coefficient (Wildman–Crippen LogP) is 4.21. The van der Waals surface area contributed by atoms with Crippen molar-refractivity contribution in [1.29, 1.82) is 0 Å². The van der Waals surface area contributed by atoms with E-state index >= 15 is 0 Å². The van der Waals surface area contributed by atoms with E-state index in [0.717, 1.165) is 61.0 Å². The normalized spacial score (nSPS) is 15.4. The molecular weight excluding hydrogens is 362 g/mol. The Balaban J connectivity index is 1.49. The fourth-order valence-corrected chi connectivity index (χ4v) is 4.71. The number of aryl methyl sites for hydroxylation is 1. The Labute approximate surface area is 164 Å². The van der Waals surface area contributed by atoms with Crippen molar-refractivity contribution in [3.8, 4) is 0 Å². The van der Waals surface area contributed by atoms with E-state index in [-0.39, 0.29) is 5.91 Å². The third-order valence-corrected chi connectivity index (χ3v) is 6.61. The van der Waals surface area contributed by atoms with Gasteiger partial charge in [-0.2, -0.15) is 0 Å². The molecule has 140 valence electrons. The highest BCUT2D eigenvalue weighted by molar-refractivity contribution is 7.98. The quantitative estimate of drug-likeness (QED) is 0.721. The van der Waals surface area contributed by atoms with E-state index in [1.165, 1.54) is 4.90 Å². The monoisotopic (exact) mass is 389 g/mol. The molecule has 1 aromatic heterocycles. The number of likely N-dealkylation sites (tertiary alicyclic amines) is 1. The fourth-order valence-electron chi connectivity index (χ4n) is 3.20. The van der Waals surface area contributed by atoms with E-state index in [0.29, 0.717) is 5.92 Å². The lowest BCUT2D eigenvalue weighted by atomic mass is 9.96. The van der Waals surface area contributed by atoms with Crippen molar-refractivity contribution in [1.82, 2.24) is 15.2 Å². The maximum absolute atomic E-state index is 12.7. The Hall–Kier alpha value is -1.37. The summed E-state index contributed by atoms with van der Waals surface area (Å²) in [5, 5.41) is 6.63. The number of aromatic nitrogens is 1. The summed E-state index contributed by atoms with van der Waals surface area (Å²) >= 11 is 3.45. The highest BCUT2D eigenvalue weighted by atomic mass is 32.2. The predicted molar refractivity (Wildman–Crippen MR) is 110 cm³/mol. The number of nitrogens with zero attached hydrogens (tertiary/aromatic N) is 2. The molecule has 0 radical (unpaired) electrons. The van der Waals surface area contributed by atoms with Crippen LogP contribution in [0, 0.1) is 12.8 Å². The van der Waals surface area contributed by atoms with E-state index in [2.05, 4.69) is 34.7 Å². The van der Waals surface area contributed by atoms with Crippen molar-refractivity contribution in [2.24, 2.45) is 5.92 Å². The Morgan fingerprint density at radius 3 is 2.65 bits per heavy atom. The Morgan fingerprint density at radius 1 is 1.31 bits per heavy atom. The zero-order valence-electron chi connectivity index (χ0n) is 15.5. The molecule has 0 aliphatic carbocycles. The summed E-state index contributed by atoms with van der Waals surface area (Å²) in [6, 6.07) is 8.02. The van der Waals surface area contributed by atoms with Crippen LogP contribution < -0.4 is 5.32 Å². The molecule has 0 spiro atoms. The minimum atomic E-state index is 0.165. The van der Waals surface area contributed by atoms with Crippen molar-refractivity contribution in [3.05, 3.63) is 45.9 Å². The molecule has 4 nitrogen and oxygen atoms in total. The Kier molecular flexibility index (Phi) is 7.11. The van der Waals surface area contributed by atoms with Crippen LogP contribution in [0.5, 0.6) is 0 Å². The van der Waals surface area contributed by atoms with Gasteiger partial charge in [0, 0.05) is 34.7 Å². The number of thiazole rings is 1. The van der Waals surface area contributed by atoms with Crippen molar-refractivity contribution >= 4 is 29.0 Å². The number of amides is 1. The van der Waals surface area contributed by atoms with Crippen LogP contribution in [0.3, 0.4) is 0 Å². The van der Waals surface area contributed by atoms with Crippen LogP contribution in [-0.4, -0.2) is 42.0 Å². The zero-order chi connectivity index (χ0) is 18.4. The average molecular weight is 390 g/mol. The summed E-state index contributed by atoms with van der Waals surface area (Å²) in [4.78, 5) is 20.4. The molecular formula is C20H27N3OS2. The first kappa shape index (κ1) is 19.4. The lowest BCUT2D eigenvalue weighted by molar-refractivity contribution is 0.0690. The van der Waals surface area contributed by atoms with E-state index in [4.69, 9.17) is 0 Å². The van der Waals surface area contributed by atoms with Gasteiger partial charge in [0.2, 0.25) is 0 Å². The van der Waals surface area contributed by atoms with Gasteiger partial charge >= 0.3 is 0 Å². The summed E-state index contributed by atoms with van der Waals surface area (Å²) in [6.07, 6.45) is 2.19. The molecule has 1 saturated heterocycles. The highest BCUT2D eigenvalue weighted by Gasteiger charge is 2.23. The van der Waals surface area contributed by atoms with Gasteiger partial charge in [0.25, 0.3) is 5.91 Å². The first-order valence-electron chi connectivity index (χ1n) is 9.29. The fraction of sp³-hybridized carbons (Fsp3) is 0.500. The number of hydrogen-bond acceptors (Lipinski definition) is 5. The molecule has 1 aliphatic heterocycles. The van der Waals surface area contributed by atoms with Crippen LogP contribution in [0.15, 0.2) is 34.5 Å². The van der Waals surface area contributed by atoms with Crippen LogP contribution in [-0.2, 0) is 5.75 Å². The lowest BCUT2D eigenvalue weighted by Gasteiger charge is -2.32. The van der Waals surface area contributed by atoms with Crippen LogP contribution in [0.25, 0.3) is 0 Å². The van der Waals surface area contributed by atoms with Gasteiger partial charge in [-0.1, -0.05) is 6.92 Å². The van der Waals surface area contributed by atoms with Crippen molar-refractivity contribution < 1.29 is 4.79 Å². The average Bonchev–Trinajstić information content (AvgIpc) is 3.10. The molecule has 6 heteroatoms. The van der Waals surface area contributed by atoms with E-state index < -0.39 is 0 Å². The smallest absolute Gasteiger partial charge is 0.253 e. The molecule has 0 atom stereocenters. The molecule has 0 saturated carbocycles. The number of carbonyl (C=O) groups excluding carboxylic acids is 1. The molecule has 3 rings (SSSR count). The zero-order valence-corrected chi connectivity index (χ0v) is 17.2. The van der Waals surface area contributed by atoms with Gasteiger partial charge in [0.1, 0.15) is 0 Å². The second-order valence-corrected chi connectivity index (χ2v) is 8.83. The minimum absolute atomic E-state index is 0.165. The van der Waals surface area contributed by atoms with Gasteiger partial charge in [0.15, 0.2) is 0 Å². The molecule has 2 heterocycles. The lowest BCUT2D eigenvalue weighted by Crippen LogP contribution is -2.40. The van der Waals surface area contributed by atoms with E-state index in [1.54, 1.807) is 23.1 Å². The van der Waals surface area contributed by atoms with Gasteiger partial charge in [0.05, 0.1) is 10.7 Å². The number of nitrogens with one attached hydrogen (secondary N) is 1. The molecule has 2 aromatic rings. The van der Waals surface area contributed by atoms with Crippen LogP contribution >= 0.6 is 23.1 Å². The molecule has 1 amide bonds. The summed E-state index contributed by atoms with van der Waals surface area (Å²) in [7, 11) is 0. The molecule has 1 aliphatic rings. The maximum atomic E-state index is 12.7. The molecule has 1 aromatic carbocycles. The highest BCUT2D eigenvalue weighted by Crippen LogP contribution is 2.25. The third-order valence-electron chi connectivity index (χ3n) is 4.74. The van der Waals surface area contributed by atoms with Gasteiger partial charge in [-0.25, -0.2) is 4.98 Å². The maximum Gasteiger partial charge on any atom is 0.253 e. The number of benzene rings is 1. The van der Waals surface area contributed by atoms with E-state index in [1.807, 2.05) is 24.0 Å². The topological polar surface area (TPSA) is 45.2 Å². The Morgan fingerprint density at radius 2 is 2.04 bits per heavy atom. The van der Waals surface area contributed by atoms with Crippen LogP contribution in [0.4, 0.5) is 0 Å². The van der Waals surface area contributed by atoms with Gasteiger partial charge in [-0.15, -0.1) is 23.1 Å². The van der Waals surface area contributed by atoms with Crippen LogP contribution in [0.2, 0.25) is 0 Å². The van der Waals surface area contributed by atoms with E-state index in [9.17, 15) is 4.79 Å². The summed E-state index contributed by atoms with van der Waals surface area (Å²) in [5.41, 5.74) is 1.92. The molecule has 0 unspecified atom stereocenters. The number of piperidine rings is 1. The Bertz CT molecular complexity index is 706. The largest absolute Gasteiger partial charge is 0.339 e. The molecule has 1 N–H and O–H groups in total. The third kappa shape index (κ3) is 5.32. The van der Waals surface area contributed by atoms with Crippen molar-refractivity contribution in [3.63, 3.8) is 0 Å². The summed E-state index contributed by atoms with van der Waals surface area (Å²) in [5.74, 6) is 1.74. The van der Waals surface area contributed by atoms with Gasteiger partial charge < -0.3 is 10.2 Å². The number of carbonyl (C=O) groups is 1. The molecule has 1 fully saturated rings. The second-order valence-electron chi connectivity index (χ2n) is 6.71. The number of thioether (sulfide) groups is 1. The standard InChI is InChI=1S/C20H27N3OS2/c1-3-21-12-16-8-10-23(11-9-16)20(24)17-4-6-19(7-5-17)26-14-18-13-25-15(2)22-18/h4-7,13,16,21H,3,8-12,14H2,1-2H3. The van der Waals surface area contributed by atoms with Crippen molar-refractivity contribution in [2.75, 3.05) is 26.2 Å². The summed E-state index contributed by atoms with van der Waals surface area (Å²) < 4.78 is 0. The first-order valence-corrected chi connectivity index (χ1v) is 11.2. The minimum Gasteiger partial charge on any atom is -0.339 e. The molecule has 26 heavy (non-hydrogen) atoms.